The Balaban J connectivity index is -0.0000000400. The molecule has 8 nitrogen and oxygen atoms in total. The Morgan fingerprint density at radius 1 is 0.590 bits per heavy atom. The number of nitrogens with one attached hydrogen (secondary N) is 1. The minimum Gasteiger partial charge on any atom is -0.668 e. The summed E-state index contributed by atoms with van der Waals surface area (Å²) >= 11 is 0. The van der Waals surface area contributed by atoms with Crippen molar-refractivity contribution < 1.29 is 51.7 Å². The molecular weight excluding hydrogens is 817 g/mol. The molecule has 0 atom stereocenters. The van der Waals surface area contributed by atoms with Crippen molar-refractivity contribution in [1.82, 2.24) is 5.32 Å². The number of allylic oxidation sites excluding steroid dienone is 4. The molecule has 0 aromatic heterocycles. The zero-order valence-corrected chi connectivity index (χ0v) is 35.9. The summed E-state index contributed by atoms with van der Waals surface area (Å²) < 4.78 is 0. The summed E-state index contributed by atoms with van der Waals surface area (Å²) in [5.41, 5.74) is 0. The van der Waals surface area contributed by atoms with Gasteiger partial charge in [0.05, 0.1) is 0 Å². The van der Waals surface area contributed by atoms with Crippen molar-refractivity contribution in [2.24, 2.45) is 11.8 Å². The van der Waals surface area contributed by atoms with Gasteiger partial charge in [-0.05, 0) is 31.8 Å². The van der Waals surface area contributed by atoms with Crippen LogP contribution in [-0.4, -0.2) is 112 Å². The molecule has 0 radical (unpaired) electrons. The van der Waals surface area contributed by atoms with E-state index in [9.17, 15) is 0 Å². The first-order valence-corrected chi connectivity index (χ1v) is 12.8. The summed E-state index contributed by atoms with van der Waals surface area (Å²) in [6.45, 7) is 2.20. The van der Waals surface area contributed by atoms with Crippen molar-refractivity contribution in [3.05, 3.63) is 68.9 Å². The summed E-state index contributed by atoms with van der Waals surface area (Å²) in [5, 5.41) is 28.2. The first-order valence-electron chi connectivity index (χ1n) is 12.8. The van der Waals surface area contributed by atoms with Crippen LogP contribution in [0.25, 0.3) is 37.2 Å². The van der Waals surface area contributed by atoms with E-state index in [1.165, 1.54) is 38.5 Å². The van der Waals surface area contributed by atoms with Crippen molar-refractivity contribution in [3.63, 3.8) is 0 Å². The quantitative estimate of drug-likeness (QED) is 0.211. The Bertz CT molecular complexity index is 318. The van der Waals surface area contributed by atoms with Gasteiger partial charge in [0.2, 0.25) is 0 Å². The third kappa shape index (κ3) is 101. The van der Waals surface area contributed by atoms with Crippen molar-refractivity contribution in [1.29, 1.82) is 0 Å². The zero-order chi connectivity index (χ0) is 29.3. The molecule has 0 heterocycles. The van der Waals surface area contributed by atoms with Gasteiger partial charge in [-0.25, -0.2) is 0 Å². The summed E-state index contributed by atoms with van der Waals surface area (Å²) in [6, 6.07) is 0. The van der Waals surface area contributed by atoms with Gasteiger partial charge in [-0.3, -0.25) is 0 Å². The van der Waals surface area contributed by atoms with Crippen LogP contribution in [0.15, 0.2) is 24.3 Å². The van der Waals surface area contributed by atoms with Gasteiger partial charge in [0.15, 0.2) is 0 Å². The van der Waals surface area contributed by atoms with Crippen LogP contribution in [0.4, 0.5) is 0 Å². The fourth-order valence-corrected chi connectivity index (χ4v) is 2.59. The van der Waals surface area contributed by atoms with E-state index in [2.05, 4.69) is 66.8 Å². The van der Waals surface area contributed by atoms with Crippen molar-refractivity contribution in [2.45, 2.75) is 38.5 Å². The third-order valence-corrected chi connectivity index (χ3v) is 3.79. The van der Waals surface area contributed by atoms with Crippen LogP contribution in [0.1, 0.15) is 38.5 Å². The first kappa shape index (κ1) is 63.2. The van der Waals surface area contributed by atoms with Gasteiger partial charge in [-0.15, -0.1) is 6.54 Å². The predicted molar refractivity (Wildman–Crippen MR) is 179 cm³/mol. The van der Waals surface area contributed by atoms with E-state index in [1.807, 2.05) is 14.1 Å². The smallest absolute Gasteiger partial charge is 0.668 e. The summed E-state index contributed by atoms with van der Waals surface area (Å²) in [6.07, 6.45) is 17.1. The Kier molecular flexibility index (Phi) is 125. The molecule has 2 rings (SSSR count). The molecule has 0 aromatic carbocycles. The standard InChI is InChI=1S/C8H16N.C8H13N.6C2H6N.CH3.2Hf/c2*1-9-7-6-8-4-2-3-5-8;6*1-3-2;;;/h8H,2-7H2,1H3;2-5,8-9H,6-7H2,1H3;6*1-2H3;1H3;;/q-1;;7*-1;2*+4. The fraction of sp³-hybridized carbons (Fsp3) is 0.828. The molecule has 0 spiro atoms. The maximum Gasteiger partial charge on any atom is 4.00 e. The summed E-state index contributed by atoms with van der Waals surface area (Å²) in [4.78, 5) is 0. The second-order valence-electron chi connectivity index (χ2n) is 7.99. The van der Waals surface area contributed by atoms with Gasteiger partial charge in [0, 0.05) is 0 Å². The van der Waals surface area contributed by atoms with Gasteiger partial charge in [0.25, 0.3) is 0 Å². The first-order chi connectivity index (χ1) is 17.3. The fourth-order valence-electron chi connectivity index (χ4n) is 2.59. The van der Waals surface area contributed by atoms with E-state index in [-0.39, 0.29) is 59.1 Å². The number of rotatable bonds is 6. The molecular formula is C29H68Hf2N8. The SMILES string of the molecule is CNCCC1C=CC=C1.C[N-]C.C[N-]C.C[N-]C.C[N-]C.C[N-]C.C[N-]C.C[N-]CCC1CCCC1.[CH3-].[Hf+4].[Hf+4]. The molecule has 10 heteroatoms. The van der Waals surface area contributed by atoms with E-state index < -0.39 is 0 Å². The van der Waals surface area contributed by atoms with Gasteiger partial charge in [0.1, 0.15) is 0 Å². The second-order valence-corrected chi connectivity index (χ2v) is 7.99. The summed E-state index contributed by atoms with van der Waals surface area (Å²) in [5.74, 6) is 1.71. The molecule has 0 aliphatic heterocycles. The van der Waals surface area contributed by atoms with Gasteiger partial charge in [-0.1, -0.05) is 56.4 Å². The Morgan fingerprint density at radius 3 is 1.15 bits per heavy atom. The minimum atomic E-state index is 0. The Labute approximate surface area is 286 Å². The van der Waals surface area contributed by atoms with Crippen LogP contribution >= 0.6 is 0 Å². The molecule has 0 amide bonds. The minimum absolute atomic E-state index is 0. The summed E-state index contributed by atoms with van der Waals surface area (Å²) in [7, 11) is 24.9. The number of hydrogen-bond donors (Lipinski definition) is 1. The van der Waals surface area contributed by atoms with Crippen molar-refractivity contribution >= 4 is 0 Å². The molecule has 2 aliphatic carbocycles. The molecule has 232 valence electrons. The Hall–Kier alpha value is 0.900. The van der Waals surface area contributed by atoms with E-state index in [0.717, 1.165) is 19.0 Å². The normalized spacial score (nSPS) is 11.6. The third-order valence-electron chi connectivity index (χ3n) is 3.79. The second kappa shape index (κ2) is 77.2. The molecule has 0 aromatic rings. The molecule has 39 heavy (non-hydrogen) atoms. The van der Waals surface area contributed by atoms with Crippen molar-refractivity contribution in [3.8, 4) is 0 Å². The predicted octanol–water partition coefficient (Wildman–Crippen LogP) is 8.07. The van der Waals surface area contributed by atoms with E-state index in [4.69, 9.17) is 0 Å². The maximum absolute atomic E-state index is 4.10. The topological polar surface area (TPSA) is 111 Å². The number of nitrogens with zero attached hydrogens (tertiary/aromatic N) is 7. The van der Waals surface area contributed by atoms with Gasteiger partial charge in [-0.2, -0.15) is 91.6 Å². The van der Waals surface area contributed by atoms with Crippen molar-refractivity contribution in [2.75, 3.05) is 112 Å². The van der Waals surface area contributed by atoms with E-state index >= 15 is 0 Å². The van der Waals surface area contributed by atoms with Crippen LogP contribution in [0.5, 0.6) is 0 Å². The number of hydrogen-bond acceptors (Lipinski definition) is 1. The van der Waals surface area contributed by atoms with Crippen LogP contribution in [0.3, 0.4) is 0 Å². The zero-order valence-electron chi connectivity index (χ0n) is 28.8. The molecule has 0 unspecified atom stereocenters. The van der Waals surface area contributed by atoms with Crippen LogP contribution < -0.4 is 5.32 Å². The molecule has 1 saturated carbocycles. The largest absolute Gasteiger partial charge is 4.00 e. The van der Waals surface area contributed by atoms with Crippen LogP contribution in [0.2, 0.25) is 0 Å². The van der Waals surface area contributed by atoms with Crippen LogP contribution in [-0.2, 0) is 51.7 Å². The van der Waals surface area contributed by atoms with Gasteiger partial charge >= 0.3 is 51.7 Å². The molecule has 1 N–H and O–H groups in total. The molecule has 0 saturated heterocycles. The Morgan fingerprint density at radius 2 is 0.897 bits per heavy atom. The van der Waals surface area contributed by atoms with E-state index in [1.54, 1.807) is 84.6 Å². The van der Waals surface area contributed by atoms with Gasteiger partial charge < -0.3 is 50.0 Å². The molecule has 2 aliphatic rings. The van der Waals surface area contributed by atoms with E-state index in [0.29, 0.717) is 5.92 Å². The monoisotopic (exact) mass is 888 g/mol. The average molecular weight is 886 g/mol. The molecule has 1 fully saturated rings. The maximum atomic E-state index is 4.10. The molecule has 0 bridgehead atoms. The average Bonchev–Trinajstić information content (AvgIpc) is 3.54. The van der Waals surface area contributed by atoms with Crippen LogP contribution in [0, 0.1) is 19.3 Å².